The van der Waals surface area contributed by atoms with E-state index < -0.39 is 0 Å². The Labute approximate surface area is 72.9 Å². The van der Waals surface area contributed by atoms with E-state index in [9.17, 15) is 5.21 Å². The summed E-state index contributed by atoms with van der Waals surface area (Å²) in [6, 6.07) is 0.348. The minimum atomic E-state index is 0.348. The van der Waals surface area contributed by atoms with Crippen LogP contribution in [0.4, 0.5) is 0 Å². The highest BCUT2D eigenvalue weighted by molar-refractivity contribution is 5.56. The maximum absolute atomic E-state index is 11.5. The van der Waals surface area contributed by atoms with Crippen molar-refractivity contribution < 1.29 is 4.74 Å². The largest absolute Gasteiger partial charge is 0.624 e. The summed E-state index contributed by atoms with van der Waals surface area (Å²) >= 11 is 0. The predicted octanol–water partition coefficient (Wildman–Crippen LogP) is 1.78. The summed E-state index contributed by atoms with van der Waals surface area (Å²) in [7, 11) is 0. The van der Waals surface area contributed by atoms with E-state index in [0.29, 0.717) is 12.0 Å². The average molecular weight is 165 g/mol. The third-order valence-corrected chi connectivity index (χ3v) is 3.87. The van der Waals surface area contributed by atoms with Crippen LogP contribution in [0.1, 0.15) is 32.1 Å². The molecule has 4 aliphatic rings. The summed E-state index contributed by atoms with van der Waals surface area (Å²) in [6.07, 6.45) is 8.32. The lowest BCUT2D eigenvalue weighted by molar-refractivity contribution is -0.502. The van der Waals surface area contributed by atoms with Gasteiger partial charge in [0.05, 0.1) is 0 Å². The first kappa shape index (κ1) is 6.93. The SMILES string of the molecule is [O-][N+]1=CC2CC3CC(C2)CC1C3. The third-order valence-electron chi connectivity index (χ3n) is 3.87. The van der Waals surface area contributed by atoms with Crippen molar-refractivity contribution >= 4 is 6.21 Å². The highest BCUT2D eigenvalue weighted by Gasteiger charge is 2.42. The molecule has 0 aromatic heterocycles. The number of rotatable bonds is 0. The summed E-state index contributed by atoms with van der Waals surface area (Å²) in [5.74, 6) is 2.38. The van der Waals surface area contributed by atoms with Crippen molar-refractivity contribution in [2.24, 2.45) is 17.8 Å². The van der Waals surface area contributed by atoms with Crippen LogP contribution >= 0.6 is 0 Å². The molecule has 2 heteroatoms. The Morgan fingerprint density at radius 2 is 1.67 bits per heavy atom. The Morgan fingerprint density at radius 3 is 2.33 bits per heavy atom. The molecule has 0 amide bonds. The summed E-state index contributed by atoms with van der Waals surface area (Å²) in [6.45, 7) is 0. The fourth-order valence-electron chi connectivity index (χ4n) is 3.53. The normalized spacial score (nSPS) is 50.5. The Kier molecular flexibility index (Phi) is 1.29. The number of hydroxylamine groups is 1. The lowest BCUT2D eigenvalue weighted by Gasteiger charge is -2.35. The van der Waals surface area contributed by atoms with Crippen molar-refractivity contribution in [3.8, 4) is 0 Å². The van der Waals surface area contributed by atoms with Crippen LogP contribution in [-0.4, -0.2) is 17.0 Å². The molecule has 4 bridgehead atoms. The van der Waals surface area contributed by atoms with Gasteiger partial charge in [0.1, 0.15) is 0 Å². The average Bonchev–Trinajstić information content (AvgIpc) is 2.16. The summed E-state index contributed by atoms with van der Waals surface area (Å²) in [5.41, 5.74) is 0. The van der Waals surface area contributed by atoms with Crippen LogP contribution in [0.2, 0.25) is 0 Å². The van der Waals surface area contributed by atoms with Crippen LogP contribution in [0.3, 0.4) is 0 Å². The molecule has 2 aliphatic carbocycles. The van der Waals surface area contributed by atoms with Gasteiger partial charge in [-0.25, -0.2) is 4.74 Å². The molecule has 0 radical (unpaired) electrons. The molecule has 0 aromatic rings. The molecule has 4 rings (SSSR count). The lowest BCUT2D eigenvalue weighted by atomic mass is 9.68. The van der Waals surface area contributed by atoms with Crippen molar-refractivity contribution in [2.75, 3.05) is 0 Å². The first-order chi connectivity index (χ1) is 5.81. The van der Waals surface area contributed by atoms with Crippen molar-refractivity contribution in [2.45, 2.75) is 38.1 Å². The van der Waals surface area contributed by atoms with E-state index in [1.165, 1.54) is 36.8 Å². The molecular formula is C10H15NO. The summed E-state index contributed by atoms with van der Waals surface area (Å²) in [5, 5.41) is 11.5. The van der Waals surface area contributed by atoms with E-state index in [1.54, 1.807) is 0 Å². The standard InChI is InChI=1S/C10H15NO/c12-11-6-9-2-7-1-8(3-9)5-10(11)4-7/h6-10H,1-5H2. The van der Waals surface area contributed by atoms with Crippen molar-refractivity contribution in [3.05, 3.63) is 5.21 Å². The first-order valence-electron chi connectivity index (χ1n) is 5.11. The van der Waals surface area contributed by atoms with Crippen LogP contribution in [-0.2, 0) is 0 Å². The lowest BCUT2D eigenvalue weighted by Crippen LogP contribution is -2.32. The molecule has 0 aromatic carbocycles. The van der Waals surface area contributed by atoms with Crippen LogP contribution in [0.15, 0.2) is 0 Å². The van der Waals surface area contributed by atoms with Gasteiger partial charge in [-0.15, -0.1) is 0 Å². The maximum atomic E-state index is 11.5. The summed E-state index contributed by atoms with van der Waals surface area (Å²) in [4.78, 5) is 0. The molecule has 2 atom stereocenters. The second-order valence-electron chi connectivity index (χ2n) is 4.83. The minimum Gasteiger partial charge on any atom is -0.624 e. The monoisotopic (exact) mass is 165 g/mol. The number of nitrogens with zero attached hydrogens (tertiary/aromatic N) is 1. The van der Waals surface area contributed by atoms with E-state index in [1.807, 2.05) is 6.21 Å². The highest BCUT2D eigenvalue weighted by atomic mass is 16.5. The molecule has 2 fully saturated rings. The van der Waals surface area contributed by atoms with Gasteiger partial charge in [0.25, 0.3) is 0 Å². The molecule has 2 aliphatic heterocycles. The smallest absolute Gasteiger partial charge is 0.163 e. The topological polar surface area (TPSA) is 26.1 Å². The third kappa shape index (κ3) is 0.900. The van der Waals surface area contributed by atoms with Crippen molar-refractivity contribution in [1.29, 1.82) is 0 Å². The molecular weight excluding hydrogens is 150 g/mol. The Morgan fingerprint density at radius 1 is 1.00 bits per heavy atom. The van der Waals surface area contributed by atoms with Gasteiger partial charge in [-0.1, -0.05) is 0 Å². The molecule has 0 N–H and O–H groups in total. The van der Waals surface area contributed by atoms with Crippen LogP contribution < -0.4 is 0 Å². The first-order valence-corrected chi connectivity index (χ1v) is 5.11. The molecule has 2 nitrogen and oxygen atoms in total. The van der Waals surface area contributed by atoms with Crippen LogP contribution in [0.25, 0.3) is 0 Å². The zero-order chi connectivity index (χ0) is 8.13. The van der Waals surface area contributed by atoms with Gasteiger partial charge >= 0.3 is 0 Å². The van der Waals surface area contributed by atoms with E-state index in [0.717, 1.165) is 11.8 Å². The molecule has 66 valence electrons. The van der Waals surface area contributed by atoms with Crippen LogP contribution in [0, 0.1) is 23.0 Å². The molecule has 2 saturated carbocycles. The Bertz CT molecular complexity index is 222. The highest BCUT2D eigenvalue weighted by Crippen LogP contribution is 2.44. The molecule has 0 spiro atoms. The van der Waals surface area contributed by atoms with Gasteiger partial charge in [-0.3, -0.25) is 0 Å². The van der Waals surface area contributed by atoms with Gasteiger partial charge in [-0.2, -0.15) is 0 Å². The van der Waals surface area contributed by atoms with E-state index in [4.69, 9.17) is 0 Å². The van der Waals surface area contributed by atoms with E-state index in [-0.39, 0.29) is 0 Å². The van der Waals surface area contributed by atoms with Crippen LogP contribution in [0.5, 0.6) is 0 Å². The second kappa shape index (κ2) is 2.24. The summed E-state index contributed by atoms with van der Waals surface area (Å²) < 4.78 is 1.27. The zero-order valence-corrected chi connectivity index (χ0v) is 7.28. The molecule has 2 unspecified atom stereocenters. The Balaban J connectivity index is 1.98. The fourth-order valence-corrected chi connectivity index (χ4v) is 3.53. The van der Waals surface area contributed by atoms with Crippen molar-refractivity contribution in [3.63, 3.8) is 0 Å². The quantitative estimate of drug-likeness (QED) is 0.397. The van der Waals surface area contributed by atoms with Gasteiger partial charge in [0, 0.05) is 18.8 Å². The minimum absolute atomic E-state index is 0.348. The van der Waals surface area contributed by atoms with E-state index >= 15 is 0 Å². The number of hydrogen-bond donors (Lipinski definition) is 0. The molecule has 0 saturated heterocycles. The molecule has 2 heterocycles. The maximum Gasteiger partial charge on any atom is 0.163 e. The van der Waals surface area contributed by atoms with Crippen molar-refractivity contribution in [1.82, 2.24) is 0 Å². The van der Waals surface area contributed by atoms with Gasteiger partial charge < -0.3 is 5.21 Å². The predicted molar refractivity (Wildman–Crippen MR) is 47.0 cm³/mol. The van der Waals surface area contributed by atoms with Gasteiger partial charge in [-0.05, 0) is 31.1 Å². The van der Waals surface area contributed by atoms with Gasteiger partial charge in [0.15, 0.2) is 12.3 Å². The molecule has 12 heavy (non-hydrogen) atoms. The Hall–Kier alpha value is -0.530. The fraction of sp³-hybridized carbons (Fsp3) is 0.900. The van der Waals surface area contributed by atoms with Gasteiger partial charge in [0.2, 0.25) is 0 Å². The van der Waals surface area contributed by atoms with E-state index in [2.05, 4.69) is 0 Å². The number of hydrogen-bond acceptors (Lipinski definition) is 1. The second-order valence-corrected chi connectivity index (χ2v) is 4.83. The zero-order valence-electron chi connectivity index (χ0n) is 7.28.